The number of amides is 1. The summed E-state index contributed by atoms with van der Waals surface area (Å²) in [5.41, 5.74) is 7.29. The number of hydrogen-bond donors (Lipinski definition) is 2. The van der Waals surface area contributed by atoms with Crippen molar-refractivity contribution in [1.29, 1.82) is 0 Å². The van der Waals surface area contributed by atoms with Crippen LogP contribution in [0, 0.1) is 0 Å². The molecule has 3 aromatic rings. The van der Waals surface area contributed by atoms with Gasteiger partial charge in [0.1, 0.15) is 5.75 Å². The lowest BCUT2D eigenvalue weighted by Gasteiger charge is -2.10. The number of carbonyl (C=O) groups excluding carboxylic acids is 1. The number of ether oxygens (including phenoxy) is 1. The van der Waals surface area contributed by atoms with Crippen molar-refractivity contribution in [3.8, 4) is 5.75 Å². The Bertz CT molecular complexity index is 944. The van der Waals surface area contributed by atoms with Crippen molar-refractivity contribution in [2.45, 2.75) is 16.5 Å². The van der Waals surface area contributed by atoms with Crippen LogP contribution in [0.5, 0.6) is 5.75 Å². The van der Waals surface area contributed by atoms with E-state index in [0.717, 1.165) is 22.0 Å². The molecule has 28 heavy (non-hydrogen) atoms. The second-order valence-corrected chi connectivity index (χ2v) is 7.65. The summed E-state index contributed by atoms with van der Waals surface area (Å²) in [4.78, 5) is 12.3. The quantitative estimate of drug-likeness (QED) is 0.562. The van der Waals surface area contributed by atoms with Crippen LogP contribution in [0.2, 0.25) is 0 Å². The van der Waals surface area contributed by atoms with Gasteiger partial charge in [0, 0.05) is 17.0 Å². The van der Waals surface area contributed by atoms with Crippen molar-refractivity contribution in [2.75, 3.05) is 11.1 Å². The zero-order valence-corrected chi connectivity index (χ0v) is 15.7. The van der Waals surface area contributed by atoms with Gasteiger partial charge in [0.2, 0.25) is 5.13 Å². The molecule has 0 saturated heterocycles. The fourth-order valence-electron chi connectivity index (χ4n) is 2.12. The minimum atomic E-state index is -4.76. The van der Waals surface area contributed by atoms with Gasteiger partial charge in [0.15, 0.2) is 4.34 Å². The smallest absolute Gasteiger partial charge is 0.406 e. The number of nitrogens with zero attached hydrogens (tertiary/aromatic N) is 2. The first kappa shape index (κ1) is 20.0. The molecule has 3 rings (SSSR count). The van der Waals surface area contributed by atoms with Gasteiger partial charge in [-0.05, 0) is 42.0 Å². The van der Waals surface area contributed by atoms with Gasteiger partial charge >= 0.3 is 6.36 Å². The van der Waals surface area contributed by atoms with E-state index in [1.165, 1.54) is 35.2 Å². The Hall–Kier alpha value is -2.79. The highest BCUT2D eigenvalue weighted by molar-refractivity contribution is 8.00. The van der Waals surface area contributed by atoms with Crippen LogP contribution < -0.4 is 15.8 Å². The Balaban J connectivity index is 1.55. The summed E-state index contributed by atoms with van der Waals surface area (Å²) in [6.45, 7) is 0. The fraction of sp³-hybridized carbons (Fsp3) is 0.118. The average Bonchev–Trinajstić information content (AvgIpc) is 3.06. The lowest BCUT2D eigenvalue weighted by molar-refractivity contribution is -0.274. The topological polar surface area (TPSA) is 90.1 Å². The number of hydrogen-bond acceptors (Lipinski definition) is 7. The highest BCUT2D eigenvalue weighted by Gasteiger charge is 2.30. The Kier molecular flexibility index (Phi) is 6.05. The van der Waals surface area contributed by atoms with E-state index in [1.807, 2.05) is 12.1 Å². The second-order valence-electron chi connectivity index (χ2n) is 5.42. The number of aromatic nitrogens is 2. The fourth-order valence-corrected chi connectivity index (χ4v) is 3.71. The van der Waals surface area contributed by atoms with Crippen LogP contribution in [0.25, 0.3) is 0 Å². The monoisotopic (exact) mass is 426 g/mol. The summed E-state index contributed by atoms with van der Waals surface area (Å²) in [7, 11) is 0. The number of nitrogens with two attached hydrogens (primary N) is 1. The number of nitrogen functional groups attached to an aromatic ring is 1. The summed E-state index contributed by atoms with van der Waals surface area (Å²) in [5, 5.41) is 10.7. The molecule has 0 aliphatic heterocycles. The van der Waals surface area contributed by atoms with Crippen LogP contribution in [-0.2, 0) is 5.75 Å². The number of alkyl halides is 3. The zero-order chi connectivity index (χ0) is 20.1. The van der Waals surface area contributed by atoms with Gasteiger partial charge in [-0.15, -0.1) is 23.4 Å². The Morgan fingerprint density at radius 2 is 1.79 bits per heavy atom. The Morgan fingerprint density at radius 3 is 2.36 bits per heavy atom. The van der Waals surface area contributed by atoms with Gasteiger partial charge < -0.3 is 15.8 Å². The third-order valence-corrected chi connectivity index (χ3v) is 5.30. The molecule has 0 unspecified atom stereocenters. The molecule has 0 atom stereocenters. The van der Waals surface area contributed by atoms with Crippen LogP contribution >= 0.6 is 23.1 Å². The van der Waals surface area contributed by atoms with Gasteiger partial charge in [-0.2, -0.15) is 0 Å². The molecular formula is C17H13F3N4O2S2. The number of halogens is 3. The van der Waals surface area contributed by atoms with E-state index < -0.39 is 6.36 Å². The molecule has 0 aliphatic rings. The van der Waals surface area contributed by atoms with Crippen molar-refractivity contribution in [1.82, 2.24) is 10.2 Å². The first-order valence-corrected chi connectivity index (χ1v) is 9.56. The van der Waals surface area contributed by atoms with Gasteiger partial charge in [-0.25, -0.2) is 0 Å². The number of anilines is 2. The van der Waals surface area contributed by atoms with Crippen molar-refractivity contribution in [3.05, 3.63) is 59.7 Å². The Labute approximate surface area is 165 Å². The molecule has 1 heterocycles. The molecule has 1 amide bonds. The predicted octanol–water partition coefficient (Wildman–Crippen LogP) is 4.56. The standard InChI is InChI=1S/C17H13F3N4O2S2/c18-17(19,20)26-13-7-5-12(6-8-13)22-14(25)11-3-1-10(2-4-11)9-27-16-24-23-15(21)28-16/h1-8H,9H2,(H2,21,23)(H,22,25). The number of rotatable bonds is 6. The van der Waals surface area contributed by atoms with E-state index in [1.54, 1.807) is 12.1 Å². The molecule has 2 aromatic carbocycles. The van der Waals surface area contributed by atoms with Gasteiger partial charge in [0.05, 0.1) is 0 Å². The van der Waals surface area contributed by atoms with Crippen molar-refractivity contribution < 1.29 is 22.7 Å². The molecule has 0 bridgehead atoms. The molecule has 6 nitrogen and oxygen atoms in total. The Morgan fingerprint density at radius 1 is 1.11 bits per heavy atom. The number of thioether (sulfide) groups is 1. The van der Waals surface area contributed by atoms with E-state index in [4.69, 9.17) is 5.73 Å². The van der Waals surface area contributed by atoms with Crippen molar-refractivity contribution >= 4 is 39.8 Å². The summed E-state index contributed by atoms with van der Waals surface area (Å²) in [6.07, 6.45) is -4.76. The number of nitrogens with one attached hydrogen (secondary N) is 1. The minimum absolute atomic E-state index is 0.355. The van der Waals surface area contributed by atoms with E-state index in [-0.39, 0.29) is 11.7 Å². The number of benzene rings is 2. The third-order valence-electron chi connectivity index (χ3n) is 3.35. The molecule has 11 heteroatoms. The first-order chi connectivity index (χ1) is 13.3. The highest BCUT2D eigenvalue weighted by atomic mass is 32.2. The van der Waals surface area contributed by atoms with Crippen LogP contribution in [0.15, 0.2) is 52.9 Å². The number of carbonyl (C=O) groups is 1. The molecule has 0 aliphatic carbocycles. The largest absolute Gasteiger partial charge is 0.573 e. The molecule has 1 aromatic heterocycles. The van der Waals surface area contributed by atoms with Crippen LogP contribution in [0.3, 0.4) is 0 Å². The van der Waals surface area contributed by atoms with E-state index in [2.05, 4.69) is 20.3 Å². The predicted molar refractivity (Wildman–Crippen MR) is 101 cm³/mol. The van der Waals surface area contributed by atoms with Gasteiger partial charge in [-0.3, -0.25) is 4.79 Å². The molecule has 0 radical (unpaired) electrons. The highest BCUT2D eigenvalue weighted by Crippen LogP contribution is 2.27. The SMILES string of the molecule is Nc1nnc(SCc2ccc(C(=O)Nc3ccc(OC(F)(F)F)cc3)cc2)s1. The average molecular weight is 426 g/mol. The minimum Gasteiger partial charge on any atom is -0.406 e. The maximum absolute atomic E-state index is 12.3. The third kappa shape index (κ3) is 5.86. The maximum Gasteiger partial charge on any atom is 0.573 e. The van der Waals surface area contributed by atoms with Gasteiger partial charge in [-0.1, -0.05) is 35.2 Å². The summed E-state index contributed by atoms with van der Waals surface area (Å²) < 4.78 is 41.0. The summed E-state index contributed by atoms with van der Waals surface area (Å²) >= 11 is 2.79. The van der Waals surface area contributed by atoms with E-state index in [0.29, 0.717) is 22.1 Å². The molecule has 3 N–H and O–H groups in total. The zero-order valence-electron chi connectivity index (χ0n) is 14.1. The van der Waals surface area contributed by atoms with Crippen LogP contribution in [-0.4, -0.2) is 22.5 Å². The molecule has 0 spiro atoms. The van der Waals surface area contributed by atoms with E-state index >= 15 is 0 Å². The summed E-state index contributed by atoms with van der Waals surface area (Å²) in [5.74, 6) is -0.0814. The van der Waals surface area contributed by atoms with Crippen LogP contribution in [0.1, 0.15) is 15.9 Å². The lowest BCUT2D eigenvalue weighted by Crippen LogP contribution is -2.17. The second kappa shape index (κ2) is 8.48. The first-order valence-electron chi connectivity index (χ1n) is 7.76. The molecule has 0 fully saturated rings. The van der Waals surface area contributed by atoms with Crippen LogP contribution in [0.4, 0.5) is 24.0 Å². The maximum atomic E-state index is 12.3. The van der Waals surface area contributed by atoms with E-state index in [9.17, 15) is 18.0 Å². The molecule has 0 saturated carbocycles. The van der Waals surface area contributed by atoms with Crippen molar-refractivity contribution in [2.24, 2.45) is 0 Å². The molecule has 146 valence electrons. The molecular weight excluding hydrogens is 413 g/mol. The van der Waals surface area contributed by atoms with Gasteiger partial charge in [0.25, 0.3) is 5.91 Å². The summed E-state index contributed by atoms with van der Waals surface area (Å²) in [6, 6.07) is 11.9. The normalized spacial score (nSPS) is 11.2. The lowest BCUT2D eigenvalue weighted by atomic mass is 10.1. The van der Waals surface area contributed by atoms with Crippen molar-refractivity contribution in [3.63, 3.8) is 0 Å².